The maximum atomic E-state index is 11.4. The van der Waals surface area contributed by atoms with Crippen molar-refractivity contribution in [2.45, 2.75) is 6.42 Å². The first-order valence-corrected chi connectivity index (χ1v) is 4.16. The molecular formula is C10H11NO2. The third-order valence-electron chi connectivity index (χ3n) is 2.39. The molecule has 0 saturated carbocycles. The molecular weight excluding hydrogens is 166 g/mol. The van der Waals surface area contributed by atoms with Crippen molar-refractivity contribution >= 4 is 11.6 Å². The molecule has 0 fully saturated rings. The summed E-state index contributed by atoms with van der Waals surface area (Å²) in [6.45, 7) is 0. The monoisotopic (exact) mass is 177 g/mol. The van der Waals surface area contributed by atoms with Crippen LogP contribution in [0.25, 0.3) is 0 Å². The smallest absolute Gasteiger partial charge is 0.231 e. The Kier molecular flexibility index (Phi) is 1.72. The number of benzene rings is 1. The quantitative estimate of drug-likeness (QED) is 0.645. The van der Waals surface area contributed by atoms with E-state index in [0.717, 1.165) is 17.0 Å². The Balaban J connectivity index is 2.55. The van der Waals surface area contributed by atoms with Gasteiger partial charge in [-0.25, -0.2) is 0 Å². The summed E-state index contributed by atoms with van der Waals surface area (Å²) in [4.78, 5) is 13.0. The summed E-state index contributed by atoms with van der Waals surface area (Å²) in [7, 11) is 3.41. The van der Waals surface area contributed by atoms with Crippen LogP contribution >= 0.6 is 0 Å². The number of rotatable bonds is 1. The van der Waals surface area contributed by atoms with Gasteiger partial charge in [0.15, 0.2) is 0 Å². The molecule has 0 spiro atoms. The molecule has 0 unspecified atom stereocenters. The molecule has 2 rings (SSSR count). The molecule has 0 aromatic heterocycles. The minimum Gasteiger partial charge on any atom is -0.496 e. The van der Waals surface area contributed by atoms with E-state index in [9.17, 15) is 4.79 Å². The van der Waals surface area contributed by atoms with E-state index in [4.69, 9.17) is 4.74 Å². The van der Waals surface area contributed by atoms with Crippen LogP contribution in [0.15, 0.2) is 18.2 Å². The summed E-state index contributed by atoms with van der Waals surface area (Å²) in [6, 6.07) is 5.71. The van der Waals surface area contributed by atoms with E-state index in [1.165, 1.54) is 0 Å². The van der Waals surface area contributed by atoms with Gasteiger partial charge in [-0.05, 0) is 12.1 Å². The van der Waals surface area contributed by atoms with Crippen molar-refractivity contribution in [2.24, 2.45) is 0 Å². The fourth-order valence-electron chi connectivity index (χ4n) is 1.64. The summed E-state index contributed by atoms with van der Waals surface area (Å²) in [6.07, 6.45) is 0.454. The number of methoxy groups -OCH3 is 1. The highest BCUT2D eigenvalue weighted by molar-refractivity contribution is 6.01. The molecule has 1 aliphatic rings. The molecule has 0 atom stereocenters. The fourth-order valence-corrected chi connectivity index (χ4v) is 1.64. The van der Waals surface area contributed by atoms with Crippen molar-refractivity contribution in [3.63, 3.8) is 0 Å². The van der Waals surface area contributed by atoms with Gasteiger partial charge in [0.1, 0.15) is 5.75 Å². The van der Waals surface area contributed by atoms with E-state index >= 15 is 0 Å². The Hall–Kier alpha value is -1.51. The highest BCUT2D eigenvalue weighted by atomic mass is 16.5. The summed E-state index contributed by atoms with van der Waals surface area (Å²) < 4.78 is 5.17. The Morgan fingerprint density at radius 1 is 1.46 bits per heavy atom. The fraction of sp³-hybridized carbons (Fsp3) is 0.300. The molecule has 13 heavy (non-hydrogen) atoms. The molecule has 0 saturated heterocycles. The van der Waals surface area contributed by atoms with Crippen molar-refractivity contribution in [3.8, 4) is 5.75 Å². The molecule has 1 aromatic carbocycles. The molecule has 68 valence electrons. The van der Waals surface area contributed by atoms with E-state index in [1.807, 2.05) is 18.2 Å². The largest absolute Gasteiger partial charge is 0.496 e. The number of amides is 1. The lowest BCUT2D eigenvalue weighted by Crippen LogP contribution is -2.20. The van der Waals surface area contributed by atoms with Gasteiger partial charge in [-0.15, -0.1) is 0 Å². The molecule has 1 aliphatic heterocycles. The van der Waals surface area contributed by atoms with Crippen LogP contribution in [-0.2, 0) is 11.2 Å². The molecule has 0 aliphatic carbocycles. The van der Waals surface area contributed by atoms with Crippen molar-refractivity contribution in [2.75, 3.05) is 19.1 Å². The molecule has 1 amide bonds. The van der Waals surface area contributed by atoms with Gasteiger partial charge in [0.2, 0.25) is 5.91 Å². The third kappa shape index (κ3) is 1.08. The number of carbonyl (C=O) groups is 1. The molecule has 0 bridgehead atoms. The molecule has 1 aromatic rings. The van der Waals surface area contributed by atoms with Crippen molar-refractivity contribution in [1.82, 2.24) is 0 Å². The van der Waals surface area contributed by atoms with Gasteiger partial charge in [-0.1, -0.05) is 6.07 Å². The minimum absolute atomic E-state index is 0.125. The van der Waals surface area contributed by atoms with Crippen LogP contribution in [0.2, 0.25) is 0 Å². The first kappa shape index (κ1) is 8.10. The second-order valence-corrected chi connectivity index (χ2v) is 3.09. The van der Waals surface area contributed by atoms with Crippen LogP contribution in [-0.4, -0.2) is 20.1 Å². The van der Waals surface area contributed by atoms with Crippen molar-refractivity contribution in [1.29, 1.82) is 0 Å². The zero-order valence-corrected chi connectivity index (χ0v) is 7.70. The van der Waals surface area contributed by atoms with Crippen molar-refractivity contribution < 1.29 is 9.53 Å². The van der Waals surface area contributed by atoms with E-state index in [1.54, 1.807) is 19.1 Å². The van der Waals surface area contributed by atoms with Crippen molar-refractivity contribution in [3.05, 3.63) is 23.8 Å². The SMILES string of the molecule is COc1cccc2c1CC(=O)N2C. The van der Waals surface area contributed by atoms with E-state index in [2.05, 4.69) is 0 Å². The van der Waals surface area contributed by atoms with Gasteiger partial charge < -0.3 is 9.64 Å². The van der Waals surface area contributed by atoms with Crippen LogP contribution < -0.4 is 9.64 Å². The number of hydrogen-bond donors (Lipinski definition) is 0. The molecule has 0 radical (unpaired) electrons. The predicted octanol–water partition coefficient (Wildman–Crippen LogP) is 1.21. The number of nitrogens with zero attached hydrogens (tertiary/aromatic N) is 1. The van der Waals surface area contributed by atoms with Gasteiger partial charge in [0.25, 0.3) is 0 Å². The van der Waals surface area contributed by atoms with Gasteiger partial charge in [-0.3, -0.25) is 4.79 Å². The normalized spacial score (nSPS) is 14.6. The summed E-state index contributed by atoms with van der Waals surface area (Å²) >= 11 is 0. The lowest BCUT2D eigenvalue weighted by Gasteiger charge is -2.10. The molecule has 0 N–H and O–H groups in total. The van der Waals surface area contributed by atoms with E-state index < -0.39 is 0 Å². The topological polar surface area (TPSA) is 29.5 Å². The summed E-state index contributed by atoms with van der Waals surface area (Å²) in [5.74, 6) is 0.926. The highest BCUT2D eigenvalue weighted by Crippen LogP contribution is 2.34. The molecule has 1 heterocycles. The Labute approximate surface area is 76.9 Å². The number of carbonyl (C=O) groups excluding carboxylic acids is 1. The maximum absolute atomic E-state index is 11.4. The zero-order chi connectivity index (χ0) is 9.42. The minimum atomic E-state index is 0.125. The maximum Gasteiger partial charge on any atom is 0.231 e. The van der Waals surface area contributed by atoms with Crippen LogP contribution in [0.5, 0.6) is 5.75 Å². The Bertz CT molecular complexity index is 360. The van der Waals surface area contributed by atoms with Crippen LogP contribution in [0, 0.1) is 0 Å². The van der Waals surface area contributed by atoms with Gasteiger partial charge in [-0.2, -0.15) is 0 Å². The van der Waals surface area contributed by atoms with E-state index in [0.29, 0.717) is 6.42 Å². The number of hydrogen-bond acceptors (Lipinski definition) is 2. The Morgan fingerprint density at radius 2 is 2.23 bits per heavy atom. The lowest BCUT2D eigenvalue weighted by atomic mass is 10.1. The Morgan fingerprint density at radius 3 is 2.92 bits per heavy atom. The average Bonchev–Trinajstić information content (AvgIpc) is 2.43. The average molecular weight is 177 g/mol. The first-order valence-electron chi connectivity index (χ1n) is 4.16. The second-order valence-electron chi connectivity index (χ2n) is 3.09. The number of likely N-dealkylation sites (N-methyl/N-ethyl adjacent to an activating group) is 1. The second kappa shape index (κ2) is 2.76. The van der Waals surface area contributed by atoms with Crippen LogP contribution in [0.3, 0.4) is 0 Å². The predicted molar refractivity (Wildman–Crippen MR) is 50.1 cm³/mol. The first-order chi connectivity index (χ1) is 6.24. The summed E-state index contributed by atoms with van der Waals surface area (Å²) in [5.41, 5.74) is 1.96. The van der Waals surface area contributed by atoms with Gasteiger partial charge >= 0.3 is 0 Å². The molecule has 3 heteroatoms. The van der Waals surface area contributed by atoms with Gasteiger partial charge in [0, 0.05) is 12.6 Å². The standard InChI is InChI=1S/C10H11NO2/c1-11-8-4-3-5-9(13-2)7(8)6-10(11)12/h3-5H,6H2,1-2H3. The third-order valence-corrected chi connectivity index (χ3v) is 2.39. The number of anilines is 1. The molecule has 3 nitrogen and oxygen atoms in total. The lowest BCUT2D eigenvalue weighted by molar-refractivity contribution is -0.117. The summed E-state index contributed by atoms with van der Waals surface area (Å²) in [5, 5.41) is 0. The zero-order valence-electron chi connectivity index (χ0n) is 7.70. The number of fused-ring (bicyclic) bond motifs is 1. The van der Waals surface area contributed by atoms with E-state index in [-0.39, 0.29) is 5.91 Å². The van der Waals surface area contributed by atoms with Gasteiger partial charge in [0.05, 0.1) is 19.2 Å². The number of ether oxygens (including phenoxy) is 1. The van der Waals surface area contributed by atoms with Crippen LogP contribution in [0.1, 0.15) is 5.56 Å². The van der Waals surface area contributed by atoms with Crippen LogP contribution in [0.4, 0.5) is 5.69 Å². The highest BCUT2D eigenvalue weighted by Gasteiger charge is 2.26.